The number of benzene rings is 1. The van der Waals surface area contributed by atoms with Gasteiger partial charge in [0.2, 0.25) is 0 Å². The van der Waals surface area contributed by atoms with E-state index >= 15 is 0 Å². The highest BCUT2D eigenvalue weighted by Crippen LogP contribution is 2.41. The Morgan fingerprint density at radius 1 is 1.41 bits per heavy atom. The number of aldehydes is 1. The van der Waals surface area contributed by atoms with Crippen LogP contribution in [0.2, 0.25) is 0 Å². The van der Waals surface area contributed by atoms with Gasteiger partial charge in [0.05, 0.1) is 19.8 Å². The molecular weight excluding hydrogens is 288 g/mol. The number of halogens is 1. The molecule has 0 saturated carbocycles. The molecule has 1 N–H and O–H groups in total. The minimum atomic E-state index is -0.101. The molecule has 0 fully saturated rings. The van der Waals surface area contributed by atoms with Crippen LogP contribution in [0.25, 0.3) is 0 Å². The molecule has 0 saturated heterocycles. The number of carbonyl (C=O) groups is 1. The summed E-state index contributed by atoms with van der Waals surface area (Å²) in [6.45, 7) is 1.86. The van der Waals surface area contributed by atoms with Crippen LogP contribution < -0.4 is 9.47 Å². The fourth-order valence-electron chi connectivity index (χ4n) is 1.63. The van der Waals surface area contributed by atoms with Crippen LogP contribution in [0, 0.1) is 0 Å². The number of ether oxygens (including phenoxy) is 2. The summed E-state index contributed by atoms with van der Waals surface area (Å²) in [6, 6.07) is 1.77. The van der Waals surface area contributed by atoms with Crippen molar-refractivity contribution < 1.29 is 19.4 Å². The van der Waals surface area contributed by atoms with Crippen LogP contribution in [0.4, 0.5) is 0 Å². The van der Waals surface area contributed by atoms with Crippen molar-refractivity contribution in [3.8, 4) is 11.5 Å². The largest absolute Gasteiger partial charge is 0.493 e. The van der Waals surface area contributed by atoms with E-state index in [4.69, 9.17) is 9.47 Å². The zero-order chi connectivity index (χ0) is 13.0. The normalized spacial score (nSPS) is 12.1. The van der Waals surface area contributed by atoms with Gasteiger partial charge in [-0.1, -0.05) is 6.92 Å². The standard InChI is InChI=1S/C12H15BrO4/c1-7(5-14)8-4-10(13)9(6-15)12(17-3)11(8)16-2/h4,6-7,14H,5H2,1-3H3. The maximum atomic E-state index is 11.0. The van der Waals surface area contributed by atoms with Crippen molar-refractivity contribution in [3.63, 3.8) is 0 Å². The van der Waals surface area contributed by atoms with Crippen molar-refractivity contribution >= 4 is 22.2 Å². The Labute approximate surface area is 109 Å². The van der Waals surface area contributed by atoms with Crippen LogP contribution in [0.5, 0.6) is 11.5 Å². The molecule has 1 rings (SSSR count). The first-order valence-electron chi connectivity index (χ1n) is 5.11. The molecule has 17 heavy (non-hydrogen) atoms. The highest BCUT2D eigenvalue weighted by Gasteiger charge is 2.21. The molecule has 1 unspecified atom stereocenters. The van der Waals surface area contributed by atoms with Gasteiger partial charge in [-0.3, -0.25) is 4.79 Å². The Balaban J connectivity index is 3.52. The number of hydrogen-bond donors (Lipinski definition) is 1. The minimum absolute atomic E-state index is 0.00755. The van der Waals surface area contributed by atoms with E-state index in [9.17, 15) is 9.90 Å². The van der Waals surface area contributed by atoms with E-state index < -0.39 is 0 Å². The summed E-state index contributed by atoms with van der Waals surface area (Å²) >= 11 is 3.31. The Kier molecular flexibility index (Phi) is 4.96. The van der Waals surface area contributed by atoms with Crippen molar-refractivity contribution in [2.24, 2.45) is 0 Å². The molecule has 0 aromatic heterocycles. The molecule has 0 radical (unpaired) electrons. The molecule has 0 heterocycles. The molecular formula is C12H15BrO4. The van der Waals surface area contributed by atoms with Crippen molar-refractivity contribution in [2.75, 3.05) is 20.8 Å². The van der Waals surface area contributed by atoms with Crippen LogP contribution in [0.1, 0.15) is 28.8 Å². The van der Waals surface area contributed by atoms with Gasteiger partial charge in [0.15, 0.2) is 17.8 Å². The lowest BCUT2D eigenvalue weighted by molar-refractivity contribution is 0.111. The summed E-state index contributed by atoms with van der Waals surface area (Å²) in [6.07, 6.45) is 0.707. The first-order chi connectivity index (χ1) is 8.10. The summed E-state index contributed by atoms with van der Waals surface area (Å²) in [4.78, 5) is 11.0. The van der Waals surface area contributed by atoms with Crippen molar-refractivity contribution in [2.45, 2.75) is 12.8 Å². The van der Waals surface area contributed by atoms with E-state index in [1.807, 2.05) is 6.92 Å². The van der Waals surface area contributed by atoms with E-state index in [0.29, 0.717) is 27.8 Å². The van der Waals surface area contributed by atoms with Crippen molar-refractivity contribution in [3.05, 3.63) is 21.7 Å². The van der Waals surface area contributed by atoms with Gasteiger partial charge >= 0.3 is 0 Å². The molecule has 0 amide bonds. The van der Waals surface area contributed by atoms with Crippen LogP contribution >= 0.6 is 15.9 Å². The van der Waals surface area contributed by atoms with E-state index in [2.05, 4.69) is 15.9 Å². The average Bonchev–Trinajstić information content (AvgIpc) is 2.36. The lowest BCUT2D eigenvalue weighted by atomic mass is 9.98. The zero-order valence-electron chi connectivity index (χ0n) is 9.99. The number of hydrogen-bond acceptors (Lipinski definition) is 4. The smallest absolute Gasteiger partial charge is 0.172 e. The molecule has 4 nitrogen and oxygen atoms in total. The molecule has 0 aliphatic carbocycles. The van der Waals surface area contributed by atoms with E-state index in [1.165, 1.54) is 14.2 Å². The molecule has 0 aliphatic rings. The van der Waals surface area contributed by atoms with Gasteiger partial charge in [-0.05, 0) is 22.0 Å². The Hall–Kier alpha value is -1.07. The minimum Gasteiger partial charge on any atom is -0.493 e. The van der Waals surface area contributed by atoms with Crippen LogP contribution in [-0.4, -0.2) is 32.2 Å². The van der Waals surface area contributed by atoms with Crippen LogP contribution in [0.3, 0.4) is 0 Å². The highest BCUT2D eigenvalue weighted by molar-refractivity contribution is 9.10. The van der Waals surface area contributed by atoms with Gasteiger partial charge in [0.25, 0.3) is 0 Å². The first kappa shape index (κ1) is 14.0. The predicted molar refractivity (Wildman–Crippen MR) is 68.1 cm³/mol. The SMILES string of the molecule is COc1c(C(C)CO)cc(Br)c(C=O)c1OC. The Bertz CT molecular complexity index is 417. The quantitative estimate of drug-likeness (QED) is 0.849. The topological polar surface area (TPSA) is 55.8 Å². The number of aliphatic hydroxyl groups is 1. The molecule has 0 aliphatic heterocycles. The third-order valence-corrected chi connectivity index (χ3v) is 3.24. The zero-order valence-corrected chi connectivity index (χ0v) is 11.6. The first-order valence-corrected chi connectivity index (χ1v) is 5.90. The van der Waals surface area contributed by atoms with Gasteiger partial charge in [-0.2, -0.15) is 0 Å². The average molecular weight is 303 g/mol. The van der Waals surface area contributed by atoms with Gasteiger partial charge in [0, 0.05) is 22.6 Å². The number of methoxy groups -OCH3 is 2. The maximum absolute atomic E-state index is 11.0. The molecule has 1 atom stereocenters. The summed E-state index contributed by atoms with van der Waals surface area (Å²) in [7, 11) is 2.98. The fraction of sp³-hybridized carbons (Fsp3) is 0.417. The molecule has 0 spiro atoms. The second kappa shape index (κ2) is 6.02. The number of carbonyl (C=O) groups excluding carboxylic acids is 1. The van der Waals surface area contributed by atoms with Crippen molar-refractivity contribution in [1.82, 2.24) is 0 Å². The maximum Gasteiger partial charge on any atom is 0.172 e. The van der Waals surface area contributed by atoms with Gasteiger partial charge in [-0.15, -0.1) is 0 Å². The summed E-state index contributed by atoms with van der Waals surface area (Å²) < 4.78 is 11.1. The third-order valence-electron chi connectivity index (χ3n) is 2.58. The molecule has 0 bridgehead atoms. The highest BCUT2D eigenvalue weighted by atomic mass is 79.9. The molecule has 1 aromatic carbocycles. The summed E-state index contributed by atoms with van der Waals surface area (Å²) in [5, 5.41) is 9.21. The molecule has 94 valence electrons. The molecule has 5 heteroatoms. The Morgan fingerprint density at radius 2 is 2.00 bits per heavy atom. The van der Waals surface area contributed by atoms with E-state index in [-0.39, 0.29) is 12.5 Å². The predicted octanol–water partition coefficient (Wildman–Crippen LogP) is 2.37. The van der Waals surface area contributed by atoms with E-state index in [1.54, 1.807) is 6.07 Å². The summed E-state index contributed by atoms with van der Waals surface area (Å²) in [5.74, 6) is 0.766. The molecule has 1 aromatic rings. The van der Waals surface area contributed by atoms with E-state index in [0.717, 1.165) is 5.56 Å². The number of rotatable bonds is 5. The Morgan fingerprint density at radius 3 is 2.41 bits per heavy atom. The number of aliphatic hydroxyl groups excluding tert-OH is 1. The van der Waals surface area contributed by atoms with Crippen molar-refractivity contribution in [1.29, 1.82) is 0 Å². The second-order valence-electron chi connectivity index (χ2n) is 3.63. The van der Waals surface area contributed by atoms with Gasteiger partial charge in [0.1, 0.15) is 0 Å². The second-order valence-corrected chi connectivity index (χ2v) is 4.48. The summed E-state index contributed by atoms with van der Waals surface area (Å²) in [5.41, 5.74) is 1.20. The fourth-order valence-corrected chi connectivity index (χ4v) is 2.15. The third kappa shape index (κ3) is 2.61. The van der Waals surface area contributed by atoms with Gasteiger partial charge in [-0.25, -0.2) is 0 Å². The van der Waals surface area contributed by atoms with Crippen LogP contribution in [-0.2, 0) is 0 Å². The lowest BCUT2D eigenvalue weighted by Crippen LogP contribution is -2.06. The van der Waals surface area contributed by atoms with Gasteiger partial charge < -0.3 is 14.6 Å². The monoisotopic (exact) mass is 302 g/mol. The lowest BCUT2D eigenvalue weighted by Gasteiger charge is -2.18. The van der Waals surface area contributed by atoms with Crippen LogP contribution in [0.15, 0.2) is 10.5 Å².